The SMILES string of the molecule is O=C(O)N1CC(C23CC(CO)(C2)C3)C1. The van der Waals surface area contributed by atoms with E-state index in [-0.39, 0.29) is 5.41 Å². The molecule has 1 amide bonds. The summed E-state index contributed by atoms with van der Waals surface area (Å²) in [5, 5.41) is 17.8. The molecular weight excluding hydrogens is 182 g/mol. The first-order valence-electron chi connectivity index (χ1n) is 5.18. The monoisotopic (exact) mass is 197 g/mol. The van der Waals surface area contributed by atoms with Crippen LogP contribution >= 0.6 is 0 Å². The van der Waals surface area contributed by atoms with Gasteiger partial charge in [0, 0.05) is 25.6 Å². The number of aliphatic hydroxyl groups excluding tert-OH is 1. The highest BCUT2D eigenvalue weighted by molar-refractivity contribution is 5.66. The number of rotatable bonds is 2. The Balaban J connectivity index is 1.55. The van der Waals surface area contributed by atoms with Crippen LogP contribution in [0, 0.1) is 16.7 Å². The van der Waals surface area contributed by atoms with Gasteiger partial charge in [0.25, 0.3) is 0 Å². The lowest BCUT2D eigenvalue weighted by molar-refractivity contribution is -0.268. The van der Waals surface area contributed by atoms with E-state index < -0.39 is 6.09 Å². The largest absolute Gasteiger partial charge is 0.465 e. The molecule has 4 heteroatoms. The van der Waals surface area contributed by atoms with E-state index in [1.807, 2.05) is 0 Å². The maximum absolute atomic E-state index is 10.6. The Morgan fingerprint density at radius 3 is 2.36 bits per heavy atom. The Kier molecular flexibility index (Phi) is 1.37. The number of carboxylic acid groups (broad SMARTS) is 1. The summed E-state index contributed by atoms with van der Waals surface area (Å²) in [6.07, 6.45) is 2.61. The predicted molar refractivity (Wildman–Crippen MR) is 48.9 cm³/mol. The molecule has 14 heavy (non-hydrogen) atoms. The standard InChI is InChI=1S/C10H15NO3/c12-6-9-3-10(4-9,5-9)7-1-11(2-7)8(13)14/h7,12H,1-6H2,(H,13,14). The van der Waals surface area contributed by atoms with E-state index in [9.17, 15) is 4.79 Å². The minimum absolute atomic E-state index is 0.254. The number of carbonyl (C=O) groups is 1. The van der Waals surface area contributed by atoms with Gasteiger partial charge in [-0.3, -0.25) is 0 Å². The fourth-order valence-electron chi connectivity index (χ4n) is 3.71. The highest BCUT2D eigenvalue weighted by atomic mass is 16.4. The van der Waals surface area contributed by atoms with Crippen LogP contribution in [0.25, 0.3) is 0 Å². The van der Waals surface area contributed by atoms with Crippen molar-refractivity contribution < 1.29 is 15.0 Å². The fraction of sp³-hybridized carbons (Fsp3) is 0.900. The second kappa shape index (κ2) is 2.24. The van der Waals surface area contributed by atoms with Crippen molar-refractivity contribution in [3.63, 3.8) is 0 Å². The normalized spacial score (nSPS) is 45.1. The summed E-state index contributed by atoms with van der Waals surface area (Å²) in [5.74, 6) is 0.576. The zero-order valence-electron chi connectivity index (χ0n) is 8.07. The molecular formula is C10H15NO3. The summed E-state index contributed by atoms with van der Waals surface area (Å²) in [6.45, 7) is 1.76. The maximum atomic E-state index is 10.6. The third-order valence-corrected chi connectivity index (χ3v) is 4.53. The van der Waals surface area contributed by atoms with E-state index in [1.165, 1.54) is 4.90 Å². The summed E-state index contributed by atoms with van der Waals surface area (Å²) < 4.78 is 0. The van der Waals surface area contributed by atoms with Gasteiger partial charge in [0.05, 0.1) is 0 Å². The molecule has 0 atom stereocenters. The molecule has 78 valence electrons. The number of hydrogen-bond acceptors (Lipinski definition) is 2. The quantitative estimate of drug-likeness (QED) is 0.687. The van der Waals surface area contributed by atoms with Crippen LogP contribution in [0.4, 0.5) is 4.79 Å². The molecule has 0 radical (unpaired) electrons. The van der Waals surface area contributed by atoms with Crippen molar-refractivity contribution in [1.29, 1.82) is 0 Å². The molecule has 0 aromatic rings. The van der Waals surface area contributed by atoms with Gasteiger partial charge in [-0.25, -0.2) is 4.79 Å². The number of nitrogens with zero attached hydrogens (tertiary/aromatic N) is 1. The topological polar surface area (TPSA) is 60.8 Å². The zero-order chi connectivity index (χ0) is 9.97. The molecule has 1 saturated heterocycles. The number of amides is 1. The fourth-order valence-corrected chi connectivity index (χ4v) is 3.71. The minimum atomic E-state index is -0.787. The van der Waals surface area contributed by atoms with Crippen molar-refractivity contribution in [1.82, 2.24) is 4.90 Å². The van der Waals surface area contributed by atoms with Gasteiger partial charge in [-0.1, -0.05) is 0 Å². The molecule has 0 aromatic heterocycles. The number of likely N-dealkylation sites (tertiary alicyclic amines) is 1. The molecule has 3 aliphatic carbocycles. The van der Waals surface area contributed by atoms with Crippen molar-refractivity contribution >= 4 is 6.09 Å². The van der Waals surface area contributed by atoms with Crippen LogP contribution in [-0.2, 0) is 0 Å². The Morgan fingerprint density at radius 2 is 1.93 bits per heavy atom. The van der Waals surface area contributed by atoms with Gasteiger partial charge in [-0.05, 0) is 30.1 Å². The van der Waals surface area contributed by atoms with Gasteiger partial charge in [0.1, 0.15) is 0 Å². The first kappa shape index (κ1) is 8.53. The lowest BCUT2D eigenvalue weighted by Crippen LogP contribution is -2.72. The molecule has 1 aliphatic heterocycles. The van der Waals surface area contributed by atoms with Crippen LogP contribution < -0.4 is 0 Å². The van der Waals surface area contributed by atoms with Gasteiger partial charge in [0.15, 0.2) is 0 Å². The van der Waals surface area contributed by atoms with Crippen molar-refractivity contribution in [2.45, 2.75) is 19.3 Å². The van der Waals surface area contributed by atoms with E-state index in [0.29, 0.717) is 17.9 Å². The molecule has 4 aliphatic rings. The predicted octanol–water partition coefficient (Wildman–Crippen LogP) is 0.759. The molecule has 2 bridgehead atoms. The smallest absolute Gasteiger partial charge is 0.407 e. The first-order chi connectivity index (χ1) is 6.59. The van der Waals surface area contributed by atoms with Crippen LogP contribution in [0.15, 0.2) is 0 Å². The molecule has 4 rings (SSSR count). The van der Waals surface area contributed by atoms with Crippen LogP contribution in [0.5, 0.6) is 0 Å². The van der Waals surface area contributed by atoms with Crippen molar-refractivity contribution in [3.8, 4) is 0 Å². The van der Waals surface area contributed by atoms with Crippen molar-refractivity contribution in [2.24, 2.45) is 16.7 Å². The average Bonchev–Trinajstić information content (AvgIpc) is 1.87. The second-order valence-electron chi connectivity index (χ2n) is 5.44. The molecule has 0 aromatic carbocycles. The lowest BCUT2D eigenvalue weighted by atomic mass is 9.31. The van der Waals surface area contributed by atoms with Gasteiger partial charge < -0.3 is 15.1 Å². The molecule has 0 unspecified atom stereocenters. The van der Waals surface area contributed by atoms with E-state index in [2.05, 4.69) is 0 Å². The third-order valence-electron chi connectivity index (χ3n) is 4.53. The van der Waals surface area contributed by atoms with Crippen molar-refractivity contribution in [2.75, 3.05) is 19.7 Å². The van der Waals surface area contributed by atoms with E-state index in [0.717, 1.165) is 32.4 Å². The van der Waals surface area contributed by atoms with E-state index in [4.69, 9.17) is 10.2 Å². The van der Waals surface area contributed by atoms with Crippen LogP contribution in [-0.4, -0.2) is 40.9 Å². The Labute approximate surface area is 82.5 Å². The number of aliphatic hydroxyl groups is 1. The summed E-state index contributed by atoms with van der Waals surface area (Å²) in [4.78, 5) is 12.1. The van der Waals surface area contributed by atoms with Gasteiger partial charge in [-0.15, -0.1) is 0 Å². The summed E-state index contributed by atoms with van der Waals surface area (Å²) in [5.41, 5.74) is 0.679. The van der Waals surface area contributed by atoms with Gasteiger partial charge in [0.2, 0.25) is 0 Å². The zero-order valence-corrected chi connectivity index (χ0v) is 8.07. The Bertz CT molecular complexity index is 276. The Hall–Kier alpha value is -0.770. The van der Waals surface area contributed by atoms with E-state index >= 15 is 0 Å². The van der Waals surface area contributed by atoms with Gasteiger partial charge in [-0.2, -0.15) is 0 Å². The first-order valence-corrected chi connectivity index (χ1v) is 5.18. The molecule has 4 nitrogen and oxygen atoms in total. The molecule has 0 spiro atoms. The lowest BCUT2D eigenvalue weighted by Gasteiger charge is -2.75. The molecule has 4 fully saturated rings. The highest BCUT2D eigenvalue weighted by Crippen LogP contribution is 2.76. The third kappa shape index (κ3) is 0.804. The molecule has 3 saturated carbocycles. The summed E-state index contributed by atoms with van der Waals surface area (Å²) in [7, 11) is 0. The Morgan fingerprint density at radius 1 is 1.36 bits per heavy atom. The van der Waals surface area contributed by atoms with Crippen LogP contribution in [0.1, 0.15) is 19.3 Å². The number of hydrogen-bond donors (Lipinski definition) is 2. The van der Waals surface area contributed by atoms with Gasteiger partial charge >= 0.3 is 6.09 Å². The van der Waals surface area contributed by atoms with Crippen LogP contribution in [0.2, 0.25) is 0 Å². The minimum Gasteiger partial charge on any atom is -0.465 e. The maximum Gasteiger partial charge on any atom is 0.407 e. The summed E-state index contributed by atoms with van der Waals surface area (Å²) in [6, 6.07) is 0. The summed E-state index contributed by atoms with van der Waals surface area (Å²) >= 11 is 0. The second-order valence-corrected chi connectivity index (χ2v) is 5.44. The van der Waals surface area contributed by atoms with Crippen molar-refractivity contribution in [3.05, 3.63) is 0 Å². The van der Waals surface area contributed by atoms with E-state index in [1.54, 1.807) is 0 Å². The van der Waals surface area contributed by atoms with Crippen LogP contribution in [0.3, 0.4) is 0 Å². The average molecular weight is 197 g/mol. The highest BCUT2D eigenvalue weighted by Gasteiger charge is 2.71. The molecule has 1 heterocycles. The molecule has 2 N–H and O–H groups in total.